The van der Waals surface area contributed by atoms with Crippen LogP contribution in [0.3, 0.4) is 0 Å². The van der Waals surface area contributed by atoms with Gasteiger partial charge >= 0.3 is 6.18 Å². The van der Waals surface area contributed by atoms with E-state index < -0.39 is 18.0 Å². The molecule has 19 heavy (non-hydrogen) atoms. The normalized spacial score (nSPS) is 23.9. The maximum atomic E-state index is 12.7. The second-order valence-electron chi connectivity index (χ2n) is 4.81. The van der Waals surface area contributed by atoms with Crippen LogP contribution < -0.4 is 5.32 Å². The Kier molecular flexibility index (Phi) is 4.07. The van der Waals surface area contributed by atoms with Gasteiger partial charge in [0.05, 0.1) is 5.92 Å². The molecular formula is C13H15F3N2O. The van der Waals surface area contributed by atoms with Gasteiger partial charge in [-0.2, -0.15) is 13.2 Å². The lowest BCUT2D eigenvalue weighted by Crippen LogP contribution is -2.34. The third-order valence-corrected chi connectivity index (χ3v) is 3.42. The van der Waals surface area contributed by atoms with Crippen LogP contribution in [0, 0.1) is 11.8 Å². The van der Waals surface area contributed by atoms with Crippen molar-refractivity contribution in [3.8, 4) is 0 Å². The molecular weight excluding hydrogens is 257 g/mol. The van der Waals surface area contributed by atoms with Crippen molar-refractivity contribution in [2.24, 2.45) is 11.8 Å². The molecule has 0 saturated heterocycles. The molecule has 1 fully saturated rings. The number of carbonyl (C=O) groups is 1. The van der Waals surface area contributed by atoms with Gasteiger partial charge in [-0.15, -0.1) is 0 Å². The Bertz CT molecular complexity index is 433. The Morgan fingerprint density at radius 2 is 2.11 bits per heavy atom. The van der Waals surface area contributed by atoms with Gasteiger partial charge in [0.1, 0.15) is 5.82 Å². The van der Waals surface area contributed by atoms with Crippen LogP contribution in [0.1, 0.15) is 25.7 Å². The third-order valence-electron chi connectivity index (χ3n) is 3.42. The quantitative estimate of drug-likeness (QED) is 0.896. The maximum absolute atomic E-state index is 12.7. The molecule has 2 rings (SSSR count). The minimum atomic E-state index is -4.20. The molecule has 1 N–H and O–H groups in total. The number of nitrogens with one attached hydrogen (secondary N) is 1. The average Bonchev–Trinajstić information content (AvgIpc) is 2.39. The number of rotatable bonds is 2. The van der Waals surface area contributed by atoms with E-state index in [1.165, 1.54) is 6.20 Å². The molecule has 0 aromatic carbocycles. The fourth-order valence-electron chi connectivity index (χ4n) is 2.39. The van der Waals surface area contributed by atoms with Crippen LogP contribution in [0.15, 0.2) is 24.4 Å². The van der Waals surface area contributed by atoms with Gasteiger partial charge in [-0.05, 0) is 31.4 Å². The zero-order valence-electron chi connectivity index (χ0n) is 10.3. The van der Waals surface area contributed by atoms with Crippen LogP contribution in [-0.2, 0) is 4.79 Å². The van der Waals surface area contributed by atoms with E-state index in [1.54, 1.807) is 18.2 Å². The van der Waals surface area contributed by atoms with Crippen LogP contribution in [0.4, 0.5) is 19.0 Å². The second-order valence-corrected chi connectivity index (χ2v) is 4.81. The zero-order chi connectivity index (χ0) is 13.9. The molecule has 0 bridgehead atoms. The van der Waals surface area contributed by atoms with Gasteiger partial charge in [-0.1, -0.05) is 12.5 Å². The number of amides is 1. The number of hydrogen-bond donors (Lipinski definition) is 1. The number of nitrogens with zero attached hydrogens (tertiary/aromatic N) is 1. The highest BCUT2D eigenvalue weighted by molar-refractivity contribution is 5.91. The number of anilines is 1. The van der Waals surface area contributed by atoms with Crippen molar-refractivity contribution in [1.82, 2.24) is 4.98 Å². The van der Waals surface area contributed by atoms with Crippen molar-refractivity contribution in [2.75, 3.05) is 5.32 Å². The molecule has 1 amide bonds. The topological polar surface area (TPSA) is 42.0 Å². The Balaban J connectivity index is 1.96. The van der Waals surface area contributed by atoms with Gasteiger partial charge in [0, 0.05) is 12.1 Å². The summed E-state index contributed by atoms with van der Waals surface area (Å²) < 4.78 is 38.0. The van der Waals surface area contributed by atoms with Crippen LogP contribution in [0.25, 0.3) is 0 Å². The molecule has 1 heterocycles. The summed E-state index contributed by atoms with van der Waals surface area (Å²) in [6.07, 6.45) is -1.74. The predicted molar refractivity (Wildman–Crippen MR) is 64.4 cm³/mol. The smallest absolute Gasteiger partial charge is 0.310 e. The van der Waals surface area contributed by atoms with E-state index in [1.807, 2.05) is 0 Å². The van der Waals surface area contributed by atoms with Gasteiger partial charge in [0.25, 0.3) is 0 Å². The Labute approximate surface area is 109 Å². The largest absolute Gasteiger partial charge is 0.391 e. The van der Waals surface area contributed by atoms with Gasteiger partial charge in [-0.25, -0.2) is 4.98 Å². The standard InChI is InChI=1S/C13H15F3N2O/c14-13(15,16)10-5-3-4-9(8-10)12(19)18-11-6-1-2-7-17-11/h1-2,6-7,9-10H,3-5,8H2,(H,17,18,19). The molecule has 1 aromatic heterocycles. The molecule has 2 atom stereocenters. The molecule has 2 unspecified atom stereocenters. The lowest BCUT2D eigenvalue weighted by Gasteiger charge is -2.29. The summed E-state index contributed by atoms with van der Waals surface area (Å²) in [4.78, 5) is 15.8. The summed E-state index contributed by atoms with van der Waals surface area (Å²) in [5, 5.41) is 2.57. The Morgan fingerprint density at radius 3 is 2.74 bits per heavy atom. The van der Waals surface area contributed by atoms with Gasteiger partial charge < -0.3 is 5.32 Å². The first-order valence-electron chi connectivity index (χ1n) is 6.25. The molecule has 1 aliphatic carbocycles. The second kappa shape index (κ2) is 5.59. The van der Waals surface area contributed by atoms with E-state index in [2.05, 4.69) is 10.3 Å². The molecule has 1 aromatic rings. The van der Waals surface area contributed by atoms with Gasteiger partial charge in [0.15, 0.2) is 0 Å². The minimum absolute atomic E-state index is 0.122. The number of halogens is 3. The van der Waals surface area contributed by atoms with Crippen LogP contribution in [0.2, 0.25) is 0 Å². The van der Waals surface area contributed by atoms with E-state index >= 15 is 0 Å². The molecule has 3 nitrogen and oxygen atoms in total. The number of pyridine rings is 1. The number of aromatic nitrogens is 1. The lowest BCUT2D eigenvalue weighted by atomic mass is 9.80. The first kappa shape index (κ1) is 13.8. The van der Waals surface area contributed by atoms with Crippen LogP contribution >= 0.6 is 0 Å². The molecule has 0 aliphatic heterocycles. The molecule has 104 valence electrons. The molecule has 1 aliphatic rings. The lowest BCUT2D eigenvalue weighted by molar-refractivity contribution is -0.185. The molecule has 6 heteroatoms. The highest BCUT2D eigenvalue weighted by atomic mass is 19.4. The van der Waals surface area contributed by atoms with Gasteiger partial charge in [0.2, 0.25) is 5.91 Å². The Hall–Kier alpha value is -1.59. The monoisotopic (exact) mass is 272 g/mol. The SMILES string of the molecule is O=C(Nc1ccccn1)C1CCCC(C(F)(F)F)C1. The van der Waals surface area contributed by atoms with E-state index in [-0.39, 0.29) is 18.7 Å². The highest BCUT2D eigenvalue weighted by Crippen LogP contribution is 2.40. The van der Waals surface area contributed by atoms with Gasteiger partial charge in [-0.3, -0.25) is 4.79 Å². The zero-order valence-corrected chi connectivity index (χ0v) is 10.3. The summed E-state index contributed by atoms with van der Waals surface area (Å²) in [7, 11) is 0. The average molecular weight is 272 g/mol. The fraction of sp³-hybridized carbons (Fsp3) is 0.538. The van der Waals surface area contributed by atoms with Crippen LogP contribution in [-0.4, -0.2) is 17.1 Å². The summed E-state index contributed by atoms with van der Waals surface area (Å²) in [6, 6.07) is 5.03. The van der Waals surface area contributed by atoms with E-state index in [0.29, 0.717) is 18.7 Å². The van der Waals surface area contributed by atoms with Crippen LogP contribution in [0.5, 0.6) is 0 Å². The summed E-state index contributed by atoms with van der Waals surface area (Å²) >= 11 is 0. The van der Waals surface area contributed by atoms with Crippen molar-refractivity contribution in [2.45, 2.75) is 31.9 Å². The third kappa shape index (κ3) is 3.68. The van der Waals surface area contributed by atoms with Crippen molar-refractivity contribution in [3.63, 3.8) is 0 Å². The molecule has 1 saturated carbocycles. The van der Waals surface area contributed by atoms with E-state index in [9.17, 15) is 18.0 Å². The number of hydrogen-bond acceptors (Lipinski definition) is 2. The van der Waals surface area contributed by atoms with Crippen molar-refractivity contribution < 1.29 is 18.0 Å². The highest BCUT2D eigenvalue weighted by Gasteiger charge is 2.43. The predicted octanol–water partition coefficient (Wildman–Crippen LogP) is 3.39. The van der Waals surface area contributed by atoms with Crippen molar-refractivity contribution >= 4 is 11.7 Å². The molecule has 0 radical (unpaired) electrons. The summed E-state index contributed by atoms with van der Waals surface area (Å²) in [5.41, 5.74) is 0. The number of carbonyl (C=O) groups excluding carboxylic acids is 1. The number of alkyl halides is 3. The minimum Gasteiger partial charge on any atom is -0.310 e. The Morgan fingerprint density at radius 1 is 1.32 bits per heavy atom. The fourth-order valence-corrected chi connectivity index (χ4v) is 2.39. The first-order chi connectivity index (χ1) is 8.97. The summed E-state index contributed by atoms with van der Waals surface area (Å²) in [6.45, 7) is 0. The van der Waals surface area contributed by atoms with Crippen molar-refractivity contribution in [3.05, 3.63) is 24.4 Å². The summed E-state index contributed by atoms with van der Waals surface area (Å²) in [5.74, 6) is -1.93. The maximum Gasteiger partial charge on any atom is 0.391 e. The van der Waals surface area contributed by atoms with E-state index in [0.717, 1.165) is 0 Å². The van der Waals surface area contributed by atoms with E-state index in [4.69, 9.17) is 0 Å². The van der Waals surface area contributed by atoms with Crippen molar-refractivity contribution in [1.29, 1.82) is 0 Å². The first-order valence-corrected chi connectivity index (χ1v) is 6.25. The molecule has 0 spiro atoms.